The van der Waals surface area contributed by atoms with Gasteiger partial charge in [-0.1, -0.05) is 23.2 Å². The molecule has 3 amide bonds. The lowest BCUT2D eigenvalue weighted by Gasteiger charge is -2.16. The molecule has 0 saturated heterocycles. The van der Waals surface area contributed by atoms with E-state index in [2.05, 4.69) is 20.9 Å². The molecular weight excluding hydrogens is 361 g/mol. The van der Waals surface area contributed by atoms with Crippen LogP contribution >= 0.6 is 23.2 Å². The van der Waals surface area contributed by atoms with E-state index in [9.17, 15) is 14.4 Å². The third kappa shape index (κ3) is 6.93. The molecule has 0 aliphatic rings. The summed E-state index contributed by atoms with van der Waals surface area (Å²) in [4.78, 5) is 34.3. The van der Waals surface area contributed by atoms with Crippen molar-refractivity contribution >= 4 is 41.1 Å². The Morgan fingerprint density at radius 3 is 2.54 bits per heavy atom. The molecule has 0 aliphatic carbocycles. The number of rotatable bonds is 6. The SMILES string of the molecule is CCOC(=O)CNC(=O)NNC(=O)C(C)Oc1ccc(Cl)cc1Cl. The lowest BCUT2D eigenvalue weighted by molar-refractivity contribution is -0.141. The molecule has 0 spiro atoms. The van der Waals surface area contributed by atoms with Crippen LogP contribution < -0.4 is 20.9 Å². The Labute approximate surface area is 148 Å². The molecule has 0 heterocycles. The van der Waals surface area contributed by atoms with Crippen molar-refractivity contribution in [2.24, 2.45) is 0 Å². The van der Waals surface area contributed by atoms with E-state index in [1.165, 1.54) is 19.1 Å². The molecule has 24 heavy (non-hydrogen) atoms. The summed E-state index contributed by atoms with van der Waals surface area (Å²) in [5.41, 5.74) is 4.22. The topological polar surface area (TPSA) is 106 Å². The van der Waals surface area contributed by atoms with Crippen molar-refractivity contribution in [3.63, 3.8) is 0 Å². The van der Waals surface area contributed by atoms with Gasteiger partial charge in [-0.15, -0.1) is 0 Å². The van der Waals surface area contributed by atoms with E-state index < -0.39 is 24.0 Å². The highest BCUT2D eigenvalue weighted by Gasteiger charge is 2.17. The summed E-state index contributed by atoms with van der Waals surface area (Å²) in [5, 5.41) is 2.90. The first kappa shape index (κ1) is 19.9. The van der Waals surface area contributed by atoms with Gasteiger partial charge in [0, 0.05) is 5.02 Å². The van der Waals surface area contributed by atoms with Crippen molar-refractivity contribution in [1.29, 1.82) is 0 Å². The minimum atomic E-state index is -0.936. The second-order valence-corrected chi connectivity index (χ2v) is 5.28. The van der Waals surface area contributed by atoms with Gasteiger partial charge >= 0.3 is 12.0 Å². The van der Waals surface area contributed by atoms with Crippen molar-refractivity contribution in [2.75, 3.05) is 13.2 Å². The monoisotopic (exact) mass is 377 g/mol. The molecule has 10 heteroatoms. The number of carbonyl (C=O) groups excluding carboxylic acids is 3. The molecular formula is C14H17Cl2N3O5. The summed E-state index contributed by atoms with van der Waals surface area (Å²) in [6, 6.07) is 3.79. The molecule has 0 aliphatic heterocycles. The number of halogens is 2. The second-order valence-electron chi connectivity index (χ2n) is 4.44. The average Bonchev–Trinajstić information content (AvgIpc) is 2.53. The summed E-state index contributed by atoms with van der Waals surface area (Å²) in [6.45, 7) is 3.01. The first-order valence-electron chi connectivity index (χ1n) is 6.94. The van der Waals surface area contributed by atoms with Gasteiger partial charge in [0.2, 0.25) is 0 Å². The highest BCUT2D eigenvalue weighted by atomic mass is 35.5. The van der Waals surface area contributed by atoms with Crippen LogP contribution in [0.25, 0.3) is 0 Å². The lowest BCUT2D eigenvalue weighted by Crippen LogP contribution is -2.51. The van der Waals surface area contributed by atoms with E-state index in [-0.39, 0.29) is 23.9 Å². The van der Waals surface area contributed by atoms with Crippen LogP contribution in [0.15, 0.2) is 18.2 Å². The smallest absolute Gasteiger partial charge is 0.333 e. The largest absolute Gasteiger partial charge is 0.479 e. The van der Waals surface area contributed by atoms with Crippen molar-refractivity contribution in [3.8, 4) is 5.75 Å². The Hall–Kier alpha value is -2.19. The molecule has 1 aromatic carbocycles. The zero-order valence-electron chi connectivity index (χ0n) is 13.0. The molecule has 132 valence electrons. The summed E-state index contributed by atoms with van der Waals surface area (Å²) in [6.07, 6.45) is -0.936. The Kier molecular flexibility index (Phi) is 8.14. The molecule has 3 N–H and O–H groups in total. The first-order chi connectivity index (χ1) is 11.3. The average molecular weight is 378 g/mol. The van der Waals surface area contributed by atoms with E-state index >= 15 is 0 Å². The van der Waals surface area contributed by atoms with Gasteiger partial charge in [-0.2, -0.15) is 0 Å². The Morgan fingerprint density at radius 1 is 1.21 bits per heavy atom. The maximum atomic E-state index is 11.8. The number of ether oxygens (including phenoxy) is 2. The Morgan fingerprint density at radius 2 is 1.92 bits per heavy atom. The Bertz CT molecular complexity index is 612. The van der Waals surface area contributed by atoms with Gasteiger partial charge in [-0.05, 0) is 32.0 Å². The van der Waals surface area contributed by atoms with Crippen LogP contribution in [0.1, 0.15) is 13.8 Å². The minimum absolute atomic E-state index is 0.209. The molecule has 0 fully saturated rings. The number of carbonyl (C=O) groups is 3. The number of urea groups is 1. The molecule has 8 nitrogen and oxygen atoms in total. The predicted molar refractivity (Wildman–Crippen MR) is 87.9 cm³/mol. The number of hydrogen-bond acceptors (Lipinski definition) is 5. The molecule has 0 aromatic heterocycles. The third-order valence-corrected chi connectivity index (χ3v) is 3.10. The van der Waals surface area contributed by atoms with Crippen LogP contribution in [-0.4, -0.2) is 37.2 Å². The van der Waals surface area contributed by atoms with Crippen molar-refractivity contribution in [2.45, 2.75) is 20.0 Å². The number of amides is 3. The van der Waals surface area contributed by atoms with E-state index in [0.717, 1.165) is 0 Å². The summed E-state index contributed by atoms with van der Waals surface area (Å²) in [7, 11) is 0. The van der Waals surface area contributed by atoms with E-state index in [1.807, 2.05) is 0 Å². The van der Waals surface area contributed by atoms with Crippen LogP contribution in [0.3, 0.4) is 0 Å². The quantitative estimate of drug-likeness (QED) is 0.516. The zero-order chi connectivity index (χ0) is 18.1. The first-order valence-corrected chi connectivity index (χ1v) is 7.70. The van der Waals surface area contributed by atoms with E-state index in [4.69, 9.17) is 27.9 Å². The maximum Gasteiger partial charge on any atom is 0.333 e. The molecule has 0 radical (unpaired) electrons. The van der Waals surface area contributed by atoms with Gasteiger partial charge in [0.15, 0.2) is 6.10 Å². The summed E-state index contributed by atoms with van der Waals surface area (Å²) in [5.74, 6) is -0.934. The normalized spacial score (nSPS) is 11.2. The van der Waals surface area contributed by atoms with E-state index in [1.54, 1.807) is 13.0 Å². The summed E-state index contributed by atoms with van der Waals surface area (Å²) < 4.78 is 10.0. The van der Waals surface area contributed by atoms with Crippen LogP contribution in [0.5, 0.6) is 5.75 Å². The van der Waals surface area contributed by atoms with Gasteiger partial charge in [0.1, 0.15) is 12.3 Å². The standard InChI is InChI=1S/C14H17Cl2N3O5/c1-3-23-12(20)7-17-14(22)19-18-13(21)8(2)24-11-5-4-9(15)6-10(11)16/h4-6,8H,3,7H2,1-2H3,(H,18,21)(H2,17,19,22). The van der Waals surface area contributed by atoms with Gasteiger partial charge in [-0.25, -0.2) is 10.2 Å². The fraction of sp³-hybridized carbons (Fsp3) is 0.357. The van der Waals surface area contributed by atoms with Crippen LogP contribution in [0, 0.1) is 0 Å². The van der Waals surface area contributed by atoms with E-state index in [0.29, 0.717) is 5.02 Å². The molecule has 1 aromatic rings. The zero-order valence-corrected chi connectivity index (χ0v) is 14.5. The van der Waals surface area contributed by atoms with Gasteiger partial charge in [-0.3, -0.25) is 15.0 Å². The van der Waals surface area contributed by atoms with Crippen molar-refractivity contribution in [1.82, 2.24) is 16.2 Å². The third-order valence-electron chi connectivity index (χ3n) is 2.56. The maximum absolute atomic E-state index is 11.8. The number of hydrazine groups is 1. The minimum Gasteiger partial charge on any atom is -0.479 e. The van der Waals surface area contributed by atoms with Crippen LogP contribution in [0.4, 0.5) is 4.79 Å². The van der Waals surface area contributed by atoms with Gasteiger partial charge < -0.3 is 14.8 Å². The van der Waals surface area contributed by atoms with Crippen LogP contribution in [0.2, 0.25) is 10.0 Å². The van der Waals surface area contributed by atoms with Gasteiger partial charge in [0.05, 0.1) is 11.6 Å². The molecule has 0 bridgehead atoms. The molecule has 0 saturated carbocycles. The predicted octanol–water partition coefficient (Wildman–Crippen LogP) is 1.65. The number of hydrogen-bond donors (Lipinski definition) is 3. The fourth-order valence-corrected chi connectivity index (χ4v) is 1.90. The highest BCUT2D eigenvalue weighted by Crippen LogP contribution is 2.28. The summed E-state index contributed by atoms with van der Waals surface area (Å²) >= 11 is 11.7. The molecule has 1 rings (SSSR count). The highest BCUT2D eigenvalue weighted by molar-refractivity contribution is 6.35. The number of nitrogens with one attached hydrogen (secondary N) is 3. The number of benzene rings is 1. The van der Waals surface area contributed by atoms with Crippen molar-refractivity contribution in [3.05, 3.63) is 28.2 Å². The molecule has 1 unspecified atom stereocenters. The fourth-order valence-electron chi connectivity index (χ4n) is 1.44. The Balaban J connectivity index is 2.38. The van der Waals surface area contributed by atoms with Gasteiger partial charge in [0.25, 0.3) is 5.91 Å². The lowest BCUT2D eigenvalue weighted by atomic mass is 10.3. The van der Waals surface area contributed by atoms with Crippen molar-refractivity contribution < 1.29 is 23.9 Å². The number of esters is 1. The second kappa shape index (κ2) is 9.84. The van der Waals surface area contributed by atoms with Crippen LogP contribution in [-0.2, 0) is 14.3 Å². The molecule has 1 atom stereocenters.